The molecule has 0 radical (unpaired) electrons. The van der Waals surface area contributed by atoms with Gasteiger partial charge in [0, 0.05) is 26.2 Å². The first-order valence-corrected chi connectivity index (χ1v) is 8.32. The van der Waals surface area contributed by atoms with Crippen LogP contribution < -0.4 is 5.32 Å². The largest absolute Gasteiger partial charge is 0.344 e. The van der Waals surface area contributed by atoms with E-state index in [1.807, 2.05) is 19.0 Å². The van der Waals surface area contributed by atoms with Gasteiger partial charge >= 0.3 is 0 Å². The number of hydrogen-bond donors (Lipinski definition) is 1. The van der Waals surface area contributed by atoms with Crippen LogP contribution in [0.1, 0.15) is 44.9 Å². The molecule has 0 bridgehead atoms. The second kappa shape index (κ2) is 7.99. The molecule has 1 N–H and O–H groups in total. The SMILES string of the molecule is CNC1CCCN(CC(=O)N(C)CC2CCCCC2)C1. The lowest BCUT2D eigenvalue weighted by atomic mass is 9.89. The number of hydrogen-bond acceptors (Lipinski definition) is 3. The molecule has 1 saturated carbocycles. The first-order chi connectivity index (χ1) is 9.69. The van der Waals surface area contributed by atoms with Gasteiger partial charge in [-0.3, -0.25) is 9.69 Å². The van der Waals surface area contributed by atoms with Crippen molar-refractivity contribution in [2.45, 2.75) is 51.0 Å². The highest BCUT2D eigenvalue weighted by molar-refractivity contribution is 5.78. The van der Waals surface area contributed by atoms with Gasteiger partial charge in [-0.2, -0.15) is 0 Å². The topological polar surface area (TPSA) is 35.6 Å². The van der Waals surface area contributed by atoms with Gasteiger partial charge in [0.25, 0.3) is 0 Å². The molecule has 1 heterocycles. The number of amides is 1. The van der Waals surface area contributed by atoms with E-state index in [0.717, 1.165) is 25.6 Å². The summed E-state index contributed by atoms with van der Waals surface area (Å²) in [4.78, 5) is 16.6. The summed E-state index contributed by atoms with van der Waals surface area (Å²) in [6.45, 7) is 3.64. The Morgan fingerprint density at radius 3 is 2.65 bits per heavy atom. The van der Waals surface area contributed by atoms with Crippen molar-refractivity contribution < 1.29 is 4.79 Å². The second-order valence-corrected chi connectivity index (χ2v) is 6.64. The molecule has 2 rings (SSSR count). The normalized spacial score (nSPS) is 25.6. The van der Waals surface area contributed by atoms with Crippen LogP contribution in [-0.4, -0.2) is 62.0 Å². The van der Waals surface area contributed by atoms with Crippen molar-refractivity contribution in [2.24, 2.45) is 5.92 Å². The number of nitrogens with zero attached hydrogens (tertiary/aromatic N) is 2. The number of likely N-dealkylation sites (N-methyl/N-ethyl adjacent to an activating group) is 2. The molecule has 1 unspecified atom stereocenters. The van der Waals surface area contributed by atoms with Crippen molar-refractivity contribution in [3.63, 3.8) is 0 Å². The number of carbonyl (C=O) groups is 1. The minimum Gasteiger partial charge on any atom is -0.344 e. The van der Waals surface area contributed by atoms with Crippen LogP contribution in [0.5, 0.6) is 0 Å². The van der Waals surface area contributed by atoms with E-state index in [4.69, 9.17) is 0 Å². The van der Waals surface area contributed by atoms with E-state index in [9.17, 15) is 4.79 Å². The first kappa shape index (κ1) is 15.8. The summed E-state index contributed by atoms with van der Waals surface area (Å²) in [7, 11) is 4.00. The Morgan fingerprint density at radius 1 is 1.20 bits per heavy atom. The van der Waals surface area contributed by atoms with Gasteiger partial charge in [0.05, 0.1) is 6.54 Å². The van der Waals surface area contributed by atoms with Gasteiger partial charge in [-0.15, -0.1) is 0 Å². The van der Waals surface area contributed by atoms with Crippen molar-refractivity contribution in [1.82, 2.24) is 15.1 Å². The third kappa shape index (κ3) is 4.74. The molecule has 0 spiro atoms. The summed E-state index contributed by atoms with van der Waals surface area (Å²) < 4.78 is 0. The second-order valence-electron chi connectivity index (χ2n) is 6.64. The highest BCUT2D eigenvalue weighted by Crippen LogP contribution is 2.24. The Hall–Kier alpha value is -0.610. The predicted octanol–water partition coefficient (Wildman–Crippen LogP) is 1.71. The lowest BCUT2D eigenvalue weighted by Crippen LogP contribution is -2.48. The molecule has 2 fully saturated rings. The maximum atomic E-state index is 12.3. The Kier molecular flexibility index (Phi) is 6.30. The molecule has 2 aliphatic rings. The van der Waals surface area contributed by atoms with Crippen molar-refractivity contribution in [3.8, 4) is 0 Å². The molecule has 116 valence electrons. The van der Waals surface area contributed by atoms with E-state index in [1.165, 1.54) is 44.9 Å². The Morgan fingerprint density at radius 2 is 1.95 bits per heavy atom. The van der Waals surface area contributed by atoms with Crippen LogP contribution in [0.25, 0.3) is 0 Å². The smallest absolute Gasteiger partial charge is 0.236 e. The summed E-state index contributed by atoms with van der Waals surface area (Å²) in [5, 5.41) is 3.34. The fraction of sp³-hybridized carbons (Fsp3) is 0.938. The van der Waals surface area contributed by atoms with E-state index in [1.54, 1.807) is 0 Å². The molecule has 0 aromatic heterocycles. The fourth-order valence-electron chi connectivity index (χ4n) is 3.61. The van der Waals surface area contributed by atoms with Gasteiger partial charge in [0.15, 0.2) is 0 Å². The van der Waals surface area contributed by atoms with E-state index >= 15 is 0 Å². The predicted molar refractivity (Wildman–Crippen MR) is 82.7 cm³/mol. The molecule has 0 aromatic rings. The molecule has 1 aliphatic heterocycles. The number of rotatable bonds is 5. The summed E-state index contributed by atoms with van der Waals surface area (Å²) in [6, 6.07) is 0.556. The minimum absolute atomic E-state index is 0.298. The van der Waals surface area contributed by atoms with Crippen LogP contribution in [0.15, 0.2) is 0 Å². The van der Waals surface area contributed by atoms with Gasteiger partial charge in [0.2, 0.25) is 5.91 Å². The van der Waals surface area contributed by atoms with Gasteiger partial charge in [-0.25, -0.2) is 0 Å². The standard InChI is InChI=1S/C16H31N3O/c1-17-15-9-6-10-19(12-15)13-16(20)18(2)11-14-7-4-3-5-8-14/h14-15,17H,3-13H2,1-2H3. The maximum Gasteiger partial charge on any atom is 0.236 e. The van der Waals surface area contributed by atoms with Crippen LogP contribution in [0.2, 0.25) is 0 Å². The molecule has 1 aliphatic carbocycles. The zero-order valence-corrected chi connectivity index (χ0v) is 13.2. The van der Waals surface area contributed by atoms with Gasteiger partial charge in [-0.1, -0.05) is 19.3 Å². The molecular weight excluding hydrogens is 250 g/mol. The van der Waals surface area contributed by atoms with Crippen molar-refractivity contribution in [2.75, 3.05) is 40.3 Å². The molecule has 4 heteroatoms. The van der Waals surface area contributed by atoms with E-state index < -0.39 is 0 Å². The average molecular weight is 281 g/mol. The highest BCUT2D eigenvalue weighted by atomic mass is 16.2. The van der Waals surface area contributed by atoms with E-state index in [-0.39, 0.29) is 0 Å². The molecule has 0 aromatic carbocycles. The summed E-state index contributed by atoms with van der Waals surface area (Å²) >= 11 is 0. The van der Waals surface area contributed by atoms with Crippen LogP contribution in [0.4, 0.5) is 0 Å². The molecule has 20 heavy (non-hydrogen) atoms. The van der Waals surface area contributed by atoms with E-state index in [0.29, 0.717) is 18.5 Å². The lowest BCUT2D eigenvalue weighted by Gasteiger charge is -2.34. The third-order valence-corrected chi connectivity index (χ3v) is 4.96. The molecule has 1 atom stereocenters. The fourth-order valence-corrected chi connectivity index (χ4v) is 3.61. The maximum absolute atomic E-state index is 12.3. The van der Waals surface area contributed by atoms with Gasteiger partial charge in [-0.05, 0) is 45.2 Å². The van der Waals surface area contributed by atoms with Crippen LogP contribution in [0.3, 0.4) is 0 Å². The van der Waals surface area contributed by atoms with Crippen LogP contribution >= 0.6 is 0 Å². The van der Waals surface area contributed by atoms with Crippen molar-refractivity contribution in [3.05, 3.63) is 0 Å². The lowest BCUT2D eigenvalue weighted by molar-refractivity contribution is -0.132. The summed E-state index contributed by atoms with van der Waals surface area (Å²) in [6.07, 6.45) is 9.13. The first-order valence-electron chi connectivity index (χ1n) is 8.32. The Labute approximate surface area is 123 Å². The number of carbonyl (C=O) groups excluding carboxylic acids is 1. The van der Waals surface area contributed by atoms with Crippen molar-refractivity contribution >= 4 is 5.91 Å². The molecular formula is C16H31N3O. The van der Waals surface area contributed by atoms with Crippen molar-refractivity contribution in [1.29, 1.82) is 0 Å². The minimum atomic E-state index is 0.298. The monoisotopic (exact) mass is 281 g/mol. The average Bonchev–Trinajstić information content (AvgIpc) is 2.48. The quantitative estimate of drug-likeness (QED) is 0.833. The van der Waals surface area contributed by atoms with Gasteiger partial charge in [0.1, 0.15) is 0 Å². The Bertz CT molecular complexity index is 302. The van der Waals surface area contributed by atoms with E-state index in [2.05, 4.69) is 10.2 Å². The third-order valence-electron chi connectivity index (χ3n) is 4.96. The Balaban J connectivity index is 1.72. The highest BCUT2D eigenvalue weighted by Gasteiger charge is 2.23. The molecule has 1 amide bonds. The molecule has 1 saturated heterocycles. The summed E-state index contributed by atoms with van der Waals surface area (Å²) in [5.41, 5.74) is 0. The summed E-state index contributed by atoms with van der Waals surface area (Å²) in [5.74, 6) is 1.04. The number of likely N-dealkylation sites (tertiary alicyclic amines) is 1. The zero-order valence-electron chi connectivity index (χ0n) is 13.2. The number of nitrogens with one attached hydrogen (secondary N) is 1. The van der Waals surface area contributed by atoms with Crippen LogP contribution in [-0.2, 0) is 4.79 Å². The van der Waals surface area contributed by atoms with Crippen LogP contribution in [0, 0.1) is 5.92 Å². The number of piperidine rings is 1. The molecule has 4 nitrogen and oxygen atoms in total. The zero-order chi connectivity index (χ0) is 14.4. The van der Waals surface area contributed by atoms with Gasteiger partial charge < -0.3 is 10.2 Å².